The van der Waals surface area contributed by atoms with Gasteiger partial charge < -0.3 is 4.74 Å². The number of ether oxygens (including phenoxy) is 1. The molecule has 0 saturated carbocycles. The Morgan fingerprint density at radius 1 is 1.00 bits per heavy atom. The highest BCUT2D eigenvalue weighted by Crippen LogP contribution is 2.23. The maximum atomic E-state index is 12.5. The number of hydrazine groups is 1. The van der Waals surface area contributed by atoms with Crippen LogP contribution in [0.15, 0.2) is 54.6 Å². The fourth-order valence-corrected chi connectivity index (χ4v) is 2.65. The molecule has 0 unspecified atom stereocenters. The number of pyridine rings is 1. The van der Waals surface area contributed by atoms with E-state index >= 15 is 0 Å². The zero-order valence-electron chi connectivity index (χ0n) is 14.8. The van der Waals surface area contributed by atoms with Gasteiger partial charge in [-0.3, -0.25) is 20.4 Å². The Bertz CT molecular complexity index is 1000. The molecule has 0 aliphatic heterocycles. The molecule has 0 aliphatic carbocycles. The summed E-state index contributed by atoms with van der Waals surface area (Å²) in [4.78, 5) is 29.1. The van der Waals surface area contributed by atoms with E-state index in [1.54, 1.807) is 24.3 Å². The number of carbonyl (C=O) groups is 2. The number of fused-ring (bicyclic) bond motifs is 1. The third-order valence-corrected chi connectivity index (χ3v) is 3.90. The topological polar surface area (TPSA) is 80.3 Å². The first kappa shape index (κ1) is 18.7. The summed E-state index contributed by atoms with van der Waals surface area (Å²) >= 11 is 5.98. The Kier molecular flexibility index (Phi) is 5.57. The van der Waals surface area contributed by atoms with Gasteiger partial charge in [0.15, 0.2) is 0 Å². The summed E-state index contributed by atoms with van der Waals surface area (Å²) in [7, 11) is 0. The molecular formula is C20H18ClN3O3. The molecule has 0 fully saturated rings. The van der Waals surface area contributed by atoms with E-state index in [1.807, 2.05) is 38.1 Å². The molecule has 2 N–H and O–H groups in total. The minimum Gasteiger partial charge on any atom is -0.490 e. The van der Waals surface area contributed by atoms with Crippen LogP contribution in [0.25, 0.3) is 10.9 Å². The van der Waals surface area contributed by atoms with Crippen molar-refractivity contribution in [2.75, 3.05) is 0 Å². The summed E-state index contributed by atoms with van der Waals surface area (Å²) in [5.41, 5.74) is 5.84. The van der Waals surface area contributed by atoms with Gasteiger partial charge in [0, 0.05) is 10.4 Å². The van der Waals surface area contributed by atoms with Crippen molar-refractivity contribution < 1.29 is 14.3 Å². The van der Waals surface area contributed by atoms with Crippen molar-refractivity contribution in [1.29, 1.82) is 0 Å². The van der Waals surface area contributed by atoms with Crippen molar-refractivity contribution in [3.05, 3.63) is 70.9 Å². The molecule has 0 radical (unpaired) electrons. The van der Waals surface area contributed by atoms with Gasteiger partial charge in [-0.2, -0.15) is 0 Å². The lowest BCUT2D eigenvalue weighted by atomic mass is 10.2. The van der Waals surface area contributed by atoms with Crippen LogP contribution in [0.1, 0.15) is 34.7 Å². The predicted molar refractivity (Wildman–Crippen MR) is 104 cm³/mol. The SMILES string of the molecule is CC(C)Oc1ccc(Cl)cc1C(=O)NNC(=O)c1ccc2ccccc2n1. The first-order valence-corrected chi connectivity index (χ1v) is 8.74. The molecule has 3 rings (SSSR count). The molecule has 138 valence electrons. The smallest absolute Gasteiger partial charge is 0.288 e. The number of carbonyl (C=O) groups excluding carboxylic acids is 2. The quantitative estimate of drug-likeness (QED) is 0.672. The first-order valence-electron chi connectivity index (χ1n) is 8.37. The number of aromatic nitrogens is 1. The molecule has 1 heterocycles. The number of halogens is 1. The zero-order chi connectivity index (χ0) is 19.4. The van der Waals surface area contributed by atoms with Crippen LogP contribution in [0.5, 0.6) is 5.75 Å². The second-order valence-electron chi connectivity index (χ2n) is 6.10. The van der Waals surface area contributed by atoms with Crippen molar-refractivity contribution in [2.24, 2.45) is 0 Å². The minimum atomic E-state index is -0.540. The summed E-state index contributed by atoms with van der Waals surface area (Å²) in [6.07, 6.45) is -0.117. The third-order valence-electron chi connectivity index (χ3n) is 3.67. The van der Waals surface area contributed by atoms with Gasteiger partial charge in [-0.05, 0) is 44.2 Å². The van der Waals surface area contributed by atoms with Gasteiger partial charge in [0.2, 0.25) is 0 Å². The minimum absolute atomic E-state index is 0.117. The van der Waals surface area contributed by atoms with Gasteiger partial charge in [-0.15, -0.1) is 0 Å². The van der Waals surface area contributed by atoms with E-state index in [2.05, 4.69) is 15.8 Å². The van der Waals surface area contributed by atoms with Gasteiger partial charge in [0.25, 0.3) is 11.8 Å². The van der Waals surface area contributed by atoms with Crippen LogP contribution >= 0.6 is 11.6 Å². The second kappa shape index (κ2) is 8.05. The fourth-order valence-electron chi connectivity index (χ4n) is 2.47. The third kappa shape index (κ3) is 4.54. The number of rotatable bonds is 4. The Labute approximate surface area is 161 Å². The molecule has 2 aromatic carbocycles. The summed E-state index contributed by atoms with van der Waals surface area (Å²) in [5.74, 6) is -0.685. The standard InChI is InChI=1S/C20H18ClN3O3/c1-12(2)27-18-10-8-14(21)11-15(18)19(25)23-24-20(26)17-9-7-13-5-3-4-6-16(13)22-17/h3-12H,1-2H3,(H,23,25)(H,24,26). The van der Waals surface area contributed by atoms with Crippen LogP contribution in [0.4, 0.5) is 0 Å². The molecule has 0 saturated heterocycles. The number of benzene rings is 2. The van der Waals surface area contributed by atoms with Crippen molar-refractivity contribution in [2.45, 2.75) is 20.0 Å². The van der Waals surface area contributed by atoms with Crippen molar-refractivity contribution in [3.8, 4) is 5.75 Å². The highest BCUT2D eigenvalue weighted by atomic mass is 35.5. The van der Waals surface area contributed by atoms with Crippen LogP contribution in [-0.4, -0.2) is 22.9 Å². The number of nitrogens with zero attached hydrogens (tertiary/aromatic N) is 1. The molecule has 6 nitrogen and oxygen atoms in total. The van der Waals surface area contributed by atoms with Gasteiger partial charge in [-0.25, -0.2) is 4.98 Å². The molecule has 27 heavy (non-hydrogen) atoms. The van der Waals surface area contributed by atoms with Gasteiger partial charge in [-0.1, -0.05) is 35.9 Å². The van der Waals surface area contributed by atoms with E-state index in [0.717, 1.165) is 5.39 Å². The van der Waals surface area contributed by atoms with E-state index in [4.69, 9.17) is 16.3 Å². The Morgan fingerprint density at radius 2 is 1.74 bits per heavy atom. The lowest BCUT2D eigenvalue weighted by Gasteiger charge is -2.14. The molecule has 3 aromatic rings. The molecular weight excluding hydrogens is 366 g/mol. The second-order valence-corrected chi connectivity index (χ2v) is 6.54. The van der Waals surface area contributed by atoms with Crippen molar-refractivity contribution in [3.63, 3.8) is 0 Å². The van der Waals surface area contributed by atoms with E-state index in [9.17, 15) is 9.59 Å². The maximum Gasteiger partial charge on any atom is 0.288 e. The Morgan fingerprint density at radius 3 is 2.52 bits per heavy atom. The summed E-state index contributed by atoms with van der Waals surface area (Å²) in [6, 6.07) is 15.6. The van der Waals surface area contributed by atoms with Crippen molar-refractivity contribution in [1.82, 2.24) is 15.8 Å². The van der Waals surface area contributed by atoms with Crippen LogP contribution in [-0.2, 0) is 0 Å². The molecule has 0 aliphatic rings. The molecule has 0 bridgehead atoms. The largest absolute Gasteiger partial charge is 0.490 e. The first-order chi connectivity index (χ1) is 12.9. The molecule has 7 heteroatoms. The number of nitrogens with one attached hydrogen (secondary N) is 2. The summed E-state index contributed by atoms with van der Waals surface area (Å²) in [6.45, 7) is 3.70. The van der Waals surface area contributed by atoms with Gasteiger partial charge >= 0.3 is 0 Å². The van der Waals surface area contributed by atoms with Crippen LogP contribution in [0.2, 0.25) is 5.02 Å². The maximum absolute atomic E-state index is 12.5. The predicted octanol–water partition coefficient (Wildman–Crippen LogP) is 3.75. The zero-order valence-corrected chi connectivity index (χ0v) is 15.6. The number of hydrogen-bond acceptors (Lipinski definition) is 4. The van der Waals surface area contributed by atoms with E-state index in [1.165, 1.54) is 6.07 Å². The van der Waals surface area contributed by atoms with Gasteiger partial charge in [0.05, 0.1) is 17.2 Å². The normalized spacial score (nSPS) is 10.7. The molecule has 0 atom stereocenters. The number of amides is 2. The lowest BCUT2D eigenvalue weighted by molar-refractivity contribution is 0.0841. The van der Waals surface area contributed by atoms with E-state index in [-0.39, 0.29) is 17.4 Å². The van der Waals surface area contributed by atoms with Gasteiger partial charge in [0.1, 0.15) is 11.4 Å². The molecule has 1 aromatic heterocycles. The molecule has 2 amide bonds. The Balaban J connectivity index is 1.73. The average molecular weight is 384 g/mol. The lowest BCUT2D eigenvalue weighted by Crippen LogP contribution is -2.42. The monoisotopic (exact) mass is 383 g/mol. The van der Waals surface area contributed by atoms with Crippen molar-refractivity contribution >= 4 is 34.3 Å². The van der Waals surface area contributed by atoms with Crippen LogP contribution < -0.4 is 15.6 Å². The fraction of sp³-hybridized carbons (Fsp3) is 0.150. The summed E-state index contributed by atoms with van der Waals surface area (Å²) in [5, 5.41) is 1.31. The average Bonchev–Trinajstić information content (AvgIpc) is 2.66. The van der Waals surface area contributed by atoms with E-state index < -0.39 is 11.8 Å². The van der Waals surface area contributed by atoms with E-state index in [0.29, 0.717) is 16.3 Å². The number of para-hydroxylation sites is 1. The highest BCUT2D eigenvalue weighted by Gasteiger charge is 2.16. The Hall–Kier alpha value is -3.12. The van der Waals surface area contributed by atoms with Crippen LogP contribution in [0.3, 0.4) is 0 Å². The number of hydrogen-bond donors (Lipinski definition) is 2. The van der Waals surface area contributed by atoms with Crippen LogP contribution in [0, 0.1) is 0 Å². The molecule has 0 spiro atoms. The summed E-state index contributed by atoms with van der Waals surface area (Å²) < 4.78 is 5.62. The highest BCUT2D eigenvalue weighted by molar-refractivity contribution is 6.31.